The SMILES string of the molecule is O=c1[nH]c(=O)n(-c2ccncc2)c(O)c1C=C1C=Nc2ccc(Br)cc21. The second-order valence-corrected chi connectivity index (χ2v) is 6.47. The summed E-state index contributed by atoms with van der Waals surface area (Å²) in [6.45, 7) is 0. The van der Waals surface area contributed by atoms with Crippen LogP contribution in [0.25, 0.3) is 17.3 Å². The van der Waals surface area contributed by atoms with Crippen LogP contribution in [-0.4, -0.2) is 25.9 Å². The number of aliphatic imine (C=N–C) groups is 1. The monoisotopic (exact) mass is 410 g/mol. The smallest absolute Gasteiger partial charge is 0.335 e. The van der Waals surface area contributed by atoms with Crippen LogP contribution in [0.1, 0.15) is 11.1 Å². The lowest BCUT2D eigenvalue weighted by molar-refractivity contribution is 0.429. The summed E-state index contributed by atoms with van der Waals surface area (Å²) in [4.78, 5) is 34.8. The molecule has 0 unspecified atom stereocenters. The molecule has 0 radical (unpaired) electrons. The van der Waals surface area contributed by atoms with Crippen molar-refractivity contribution in [1.29, 1.82) is 0 Å². The zero-order chi connectivity index (χ0) is 18.3. The molecule has 0 atom stereocenters. The van der Waals surface area contributed by atoms with Crippen LogP contribution < -0.4 is 11.2 Å². The van der Waals surface area contributed by atoms with Gasteiger partial charge in [-0.3, -0.25) is 19.8 Å². The Kier molecular flexibility index (Phi) is 3.89. The molecule has 0 amide bonds. The minimum atomic E-state index is -0.732. The van der Waals surface area contributed by atoms with E-state index >= 15 is 0 Å². The lowest BCUT2D eigenvalue weighted by Gasteiger charge is -2.09. The first-order valence-corrected chi connectivity index (χ1v) is 8.38. The Morgan fingerprint density at radius 2 is 1.92 bits per heavy atom. The number of hydrogen-bond acceptors (Lipinski definition) is 5. The van der Waals surface area contributed by atoms with Crippen molar-refractivity contribution in [2.75, 3.05) is 0 Å². The maximum absolute atomic E-state index is 12.3. The third-order valence-corrected chi connectivity index (χ3v) is 4.45. The van der Waals surface area contributed by atoms with E-state index in [1.165, 1.54) is 18.5 Å². The molecule has 0 saturated carbocycles. The quantitative estimate of drug-likeness (QED) is 0.677. The van der Waals surface area contributed by atoms with Crippen molar-refractivity contribution in [1.82, 2.24) is 14.5 Å². The Morgan fingerprint density at radius 3 is 2.69 bits per heavy atom. The number of benzene rings is 1. The van der Waals surface area contributed by atoms with Gasteiger partial charge in [0.2, 0.25) is 5.88 Å². The number of hydrogen-bond donors (Lipinski definition) is 2. The molecular formula is C18H11BrN4O3. The highest BCUT2D eigenvalue weighted by molar-refractivity contribution is 9.10. The van der Waals surface area contributed by atoms with E-state index in [1.807, 2.05) is 18.2 Å². The highest BCUT2D eigenvalue weighted by Gasteiger charge is 2.18. The molecule has 4 rings (SSSR count). The number of pyridine rings is 1. The maximum Gasteiger partial charge on any atom is 0.335 e. The second-order valence-electron chi connectivity index (χ2n) is 5.56. The molecule has 7 nitrogen and oxygen atoms in total. The van der Waals surface area contributed by atoms with E-state index in [0.717, 1.165) is 20.3 Å². The van der Waals surface area contributed by atoms with E-state index in [0.29, 0.717) is 11.3 Å². The van der Waals surface area contributed by atoms with Gasteiger partial charge in [-0.2, -0.15) is 0 Å². The first-order chi connectivity index (χ1) is 12.5. The number of allylic oxidation sites excluding steroid dienone is 1. The van der Waals surface area contributed by atoms with Gasteiger partial charge >= 0.3 is 5.69 Å². The normalized spacial score (nSPS) is 14.0. The Labute approximate surface area is 155 Å². The van der Waals surface area contributed by atoms with E-state index in [9.17, 15) is 14.7 Å². The lowest BCUT2D eigenvalue weighted by atomic mass is 10.1. The first-order valence-electron chi connectivity index (χ1n) is 7.59. The summed E-state index contributed by atoms with van der Waals surface area (Å²) < 4.78 is 1.89. The minimum Gasteiger partial charge on any atom is -0.494 e. The van der Waals surface area contributed by atoms with Crippen molar-refractivity contribution in [3.05, 3.63) is 79.2 Å². The number of rotatable bonds is 2. The number of fused-ring (bicyclic) bond motifs is 1. The molecule has 0 spiro atoms. The van der Waals surface area contributed by atoms with Crippen molar-refractivity contribution in [3.63, 3.8) is 0 Å². The molecule has 0 saturated heterocycles. The van der Waals surface area contributed by atoms with Crippen LogP contribution in [0.5, 0.6) is 5.88 Å². The number of aromatic nitrogens is 3. The van der Waals surface area contributed by atoms with Crippen LogP contribution in [0, 0.1) is 0 Å². The maximum atomic E-state index is 12.3. The van der Waals surface area contributed by atoms with Crippen LogP contribution in [0.4, 0.5) is 5.69 Å². The third-order valence-electron chi connectivity index (χ3n) is 3.95. The Balaban J connectivity index is 1.93. The van der Waals surface area contributed by atoms with Crippen LogP contribution in [0.15, 0.2) is 61.8 Å². The van der Waals surface area contributed by atoms with Gasteiger partial charge in [0, 0.05) is 34.2 Å². The van der Waals surface area contributed by atoms with Crippen LogP contribution in [-0.2, 0) is 0 Å². The van der Waals surface area contributed by atoms with Gasteiger partial charge in [0.05, 0.1) is 11.4 Å². The molecule has 128 valence electrons. The van der Waals surface area contributed by atoms with E-state index in [4.69, 9.17) is 0 Å². The summed E-state index contributed by atoms with van der Waals surface area (Å²) in [6.07, 6.45) is 6.09. The van der Waals surface area contributed by atoms with Gasteiger partial charge in [-0.25, -0.2) is 9.36 Å². The van der Waals surface area contributed by atoms with E-state index in [1.54, 1.807) is 18.3 Å². The zero-order valence-electron chi connectivity index (χ0n) is 13.2. The van der Waals surface area contributed by atoms with E-state index < -0.39 is 17.1 Å². The predicted octanol–water partition coefficient (Wildman–Crippen LogP) is 2.65. The number of nitrogens with one attached hydrogen (secondary N) is 1. The van der Waals surface area contributed by atoms with Gasteiger partial charge < -0.3 is 5.11 Å². The fourth-order valence-corrected chi connectivity index (χ4v) is 3.09. The molecule has 0 fully saturated rings. The average Bonchev–Trinajstić information content (AvgIpc) is 3.01. The van der Waals surface area contributed by atoms with Gasteiger partial charge in [-0.15, -0.1) is 0 Å². The molecule has 0 bridgehead atoms. The summed E-state index contributed by atoms with van der Waals surface area (Å²) in [7, 11) is 0. The topological polar surface area (TPSA) is 100 Å². The van der Waals surface area contributed by atoms with Gasteiger partial charge in [0.15, 0.2) is 0 Å². The van der Waals surface area contributed by atoms with Crippen molar-refractivity contribution >= 4 is 39.5 Å². The van der Waals surface area contributed by atoms with Crippen LogP contribution in [0.3, 0.4) is 0 Å². The average molecular weight is 411 g/mol. The molecule has 0 aliphatic carbocycles. The highest BCUT2D eigenvalue weighted by atomic mass is 79.9. The Hall–Kier alpha value is -3.26. The van der Waals surface area contributed by atoms with Crippen molar-refractivity contribution in [2.45, 2.75) is 0 Å². The van der Waals surface area contributed by atoms with Crippen molar-refractivity contribution in [2.24, 2.45) is 4.99 Å². The largest absolute Gasteiger partial charge is 0.494 e. The van der Waals surface area contributed by atoms with Gasteiger partial charge in [-0.05, 0) is 36.4 Å². The molecule has 26 heavy (non-hydrogen) atoms. The first kappa shape index (κ1) is 16.2. The fourth-order valence-electron chi connectivity index (χ4n) is 2.73. The Morgan fingerprint density at radius 1 is 1.15 bits per heavy atom. The zero-order valence-corrected chi connectivity index (χ0v) is 14.8. The van der Waals surface area contributed by atoms with Gasteiger partial charge in [0.1, 0.15) is 5.56 Å². The summed E-state index contributed by atoms with van der Waals surface area (Å²) >= 11 is 3.41. The van der Waals surface area contributed by atoms with Crippen LogP contribution >= 0.6 is 15.9 Å². The number of nitrogens with zero attached hydrogens (tertiary/aromatic N) is 3. The van der Waals surface area contributed by atoms with Gasteiger partial charge in [-0.1, -0.05) is 15.9 Å². The van der Waals surface area contributed by atoms with Crippen molar-refractivity contribution < 1.29 is 5.11 Å². The molecule has 3 heterocycles. The molecule has 1 aliphatic heterocycles. The number of H-pyrrole nitrogens is 1. The summed E-state index contributed by atoms with van der Waals surface area (Å²) in [5, 5.41) is 10.6. The molecule has 8 heteroatoms. The predicted molar refractivity (Wildman–Crippen MR) is 102 cm³/mol. The molecule has 1 aliphatic rings. The molecule has 1 aromatic carbocycles. The minimum absolute atomic E-state index is 0.0318. The number of aromatic hydroxyl groups is 1. The van der Waals surface area contributed by atoms with E-state index in [2.05, 4.69) is 30.9 Å². The van der Waals surface area contributed by atoms with Crippen molar-refractivity contribution in [3.8, 4) is 11.6 Å². The second kappa shape index (κ2) is 6.23. The van der Waals surface area contributed by atoms with Crippen LogP contribution in [0.2, 0.25) is 0 Å². The highest BCUT2D eigenvalue weighted by Crippen LogP contribution is 2.35. The Bertz CT molecular complexity index is 1190. The lowest BCUT2D eigenvalue weighted by Crippen LogP contribution is -2.30. The summed E-state index contributed by atoms with van der Waals surface area (Å²) in [6, 6.07) is 8.70. The summed E-state index contributed by atoms with van der Waals surface area (Å²) in [5.41, 5.74) is 1.18. The fraction of sp³-hybridized carbons (Fsp3) is 0. The van der Waals surface area contributed by atoms with E-state index in [-0.39, 0.29) is 5.56 Å². The molecule has 3 aromatic rings. The standard InChI is InChI=1S/C18H11BrN4O3/c19-11-1-2-15-13(8-11)10(9-21-15)7-14-16(24)22-18(26)23(17(14)25)12-3-5-20-6-4-12/h1-9,25H,(H,22,24,26). The number of aromatic amines is 1. The number of halogens is 1. The molecule has 2 N–H and O–H groups in total. The third kappa shape index (κ3) is 2.70. The summed E-state index contributed by atoms with van der Waals surface area (Å²) in [5.74, 6) is -0.450. The van der Waals surface area contributed by atoms with Gasteiger partial charge in [0.25, 0.3) is 5.56 Å². The molecular weight excluding hydrogens is 400 g/mol. The molecule has 2 aromatic heterocycles.